The lowest BCUT2D eigenvalue weighted by molar-refractivity contribution is 1.32. The third kappa shape index (κ3) is 10.9. The van der Waals surface area contributed by atoms with E-state index in [0.717, 1.165) is 210 Å². The molecule has 0 bridgehead atoms. The Morgan fingerprint density at radius 2 is 0.519 bits per heavy atom. The van der Waals surface area contributed by atoms with Crippen molar-refractivity contribution in [3.8, 4) is 89.9 Å². The van der Waals surface area contributed by atoms with Crippen molar-refractivity contribution in [1.82, 2.24) is 49.8 Å². The van der Waals surface area contributed by atoms with Crippen LogP contribution in [0, 0.1) is 0 Å². The summed E-state index contributed by atoms with van der Waals surface area (Å²) in [6.07, 6.45) is 7.46. The smallest absolute Gasteiger partial charge is 0.0972 e. The van der Waals surface area contributed by atoms with E-state index in [1.807, 2.05) is 73.3 Å². The second-order valence-corrected chi connectivity index (χ2v) is 26.3. The molecule has 0 atom stereocenters. The molecule has 0 unspecified atom stereocenters. The van der Waals surface area contributed by atoms with Crippen molar-refractivity contribution in [2.24, 2.45) is 0 Å². The van der Waals surface area contributed by atoms with Gasteiger partial charge in [0.05, 0.1) is 89.5 Å². The molecule has 0 aliphatic heterocycles. The fraction of sp³-hybridized carbons (Fsp3) is 0. The highest BCUT2D eigenvalue weighted by atomic mass is 14.8. The molecule has 0 N–H and O–H groups in total. The standard InChI is InChI=1S/C49H29N5.C45H27N5/c1-2-8-37-36(6-1)28-50-29-42(37)46-22-15-30-11-14-34(27-47(30)53-46)33-17-21-43-35(26-33)18-24-44(52-43)40-19-20-41(39-10-4-3-9-38(39)40)45-23-16-32-13-12-31-7-5-25-51-48(31)49(32)54-45;1-2-6-37-28(4-1)15-23-41(48-37)42-24-16-31-11-14-35(27-43(31)49-42)34-18-21-40-36(26-34)19-22-38(47-40)29-7-9-30(10-8-29)39-20-17-33-13-12-32-5-3-25-46-44(32)45(33)50-39/h1-29H;1-27H. The van der Waals surface area contributed by atoms with Gasteiger partial charge in [0.2, 0.25) is 0 Å². The molecule has 0 amide bonds. The summed E-state index contributed by atoms with van der Waals surface area (Å²) in [4.78, 5) is 49.1. The lowest BCUT2D eigenvalue weighted by Crippen LogP contribution is -1.92. The first-order valence-corrected chi connectivity index (χ1v) is 34.7. The zero-order valence-electron chi connectivity index (χ0n) is 55.8. The monoisotopic (exact) mass is 1320 g/mol. The van der Waals surface area contributed by atoms with E-state index in [2.05, 4.69) is 282 Å². The van der Waals surface area contributed by atoms with Crippen molar-refractivity contribution < 1.29 is 0 Å². The van der Waals surface area contributed by atoms with Crippen LogP contribution >= 0.6 is 0 Å². The van der Waals surface area contributed by atoms with E-state index in [4.69, 9.17) is 34.9 Å². The van der Waals surface area contributed by atoms with Gasteiger partial charge < -0.3 is 0 Å². The predicted molar refractivity (Wildman–Crippen MR) is 427 cm³/mol. The van der Waals surface area contributed by atoms with Gasteiger partial charge in [0, 0.05) is 106 Å². The van der Waals surface area contributed by atoms with E-state index >= 15 is 0 Å². The maximum Gasteiger partial charge on any atom is 0.0972 e. The Hall–Kier alpha value is -14.2. The fourth-order valence-electron chi connectivity index (χ4n) is 14.7. The molecule has 0 spiro atoms. The Kier molecular flexibility index (Phi) is 14.3. The number of nitrogens with zero attached hydrogens (tertiary/aromatic N) is 10. The average Bonchev–Trinajstić information content (AvgIpc) is 0.764. The second kappa shape index (κ2) is 24.9. The van der Waals surface area contributed by atoms with Gasteiger partial charge in [-0.15, -0.1) is 0 Å². The number of benzene rings is 11. The van der Waals surface area contributed by atoms with Gasteiger partial charge in [-0.3, -0.25) is 15.0 Å². The highest BCUT2D eigenvalue weighted by molar-refractivity contribution is 6.08. The average molecular weight is 1330 g/mol. The molecule has 10 heterocycles. The molecule has 0 aliphatic carbocycles. The summed E-state index contributed by atoms with van der Waals surface area (Å²) < 4.78 is 0. The number of fused-ring (bicyclic) bond motifs is 13. The third-order valence-electron chi connectivity index (χ3n) is 20.1. The second-order valence-electron chi connectivity index (χ2n) is 26.3. The van der Waals surface area contributed by atoms with Gasteiger partial charge in [-0.1, -0.05) is 218 Å². The first kappa shape index (κ1) is 59.8. The van der Waals surface area contributed by atoms with Crippen molar-refractivity contribution in [1.29, 1.82) is 0 Å². The predicted octanol–water partition coefficient (Wildman–Crippen LogP) is 23.3. The number of hydrogen-bond donors (Lipinski definition) is 0. The van der Waals surface area contributed by atoms with Crippen LogP contribution < -0.4 is 0 Å². The van der Waals surface area contributed by atoms with Gasteiger partial charge in [0.15, 0.2) is 0 Å². The van der Waals surface area contributed by atoms with Crippen LogP contribution in [0.1, 0.15) is 0 Å². The Morgan fingerprint density at radius 1 is 0.173 bits per heavy atom. The van der Waals surface area contributed by atoms with Crippen molar-refractivity contribution >= 4 is 120 Å². The molecular weight excluding hydrogens is 1270 g/mol. The van der Waals surface area contributed by atoms with Gasteiger partial charge in [0.25, 0.3) is 0 Å². The number of aromatic nitrogens is 10. The number of rotatable bonds is 8. The van der Waals surface area contributed by atoms with Gasteiger partial charge in [0.1, 0.15) is 0 Å². The summed E-state index contributed by atoms with van der Waals surface area (Å²) in [6.45, 7) is 0. The van der Waals surface area contributed by atoms with Gasteiger partial charge in [-0.05, 0) is 135 Å². The van der Waals surface area contributed by atoms with Crippen LogP contribution in [0.15, 0.2) is 340 Å². The Bertz CT molecular complexity index is 7070. The molecular formula is C94H56N10. The van der Waals surface area contributed by atoms with Crippen molar-refractivity contribution in [3.05, 3.63) is 340 Å². The number of hydrogen-bond acceptors (Lipinski definition) is 10. The van der Waals surface area contributed by atoms with Gasteiger partial charge >= 0.3 is 0 Å². The maximum absolute atomic E-state index is 5.19. The Labute approximate surface area is 596 Å². The van der Waals surface area contributed by atoms with E-state index in [-0.39, 0.29) is 0 Å². The molecule has 0 saturated heterocycles. The Balaban J connectivity index is 0.000000139. The molecule has 21 aromatic rings. The largest absolute Gasteiger partial charge is 0.263 e. The van der Waals surface area contributed by atoms with Crippen LogP contribution in [0.2, 0.25) is 0 Å². The van der Waals surface area contributed by atoms with Gasteiger partial charge in [-0.25, -0.2) is 34.9 Å². The van der Waals surface area contributed by atoms with Crippen LogP contribution in [0.25, 0.3) is 210 Å². The van der Waals surface area contributed by atoms with Crippen LogP contribution in [-0.2, 0) is 0 Å². The highest BCUT2D eigenvalue weighted by Gasteiger charge is 2.17. The van der Waals surface area contributed by atoms with E-state index < -0.39 is 0 Å². The van der Waals surface area contributed by atoms with Gasteiger partial charge in [-0.2, -0.15) is 0 Å². The zero-order valence-corrected chi connectivity index (χ0v) is 55.8. The fourth-order valence-corrected chi connectivity index (χ4v) is 14.7. The SMILES string of the molecule is c1ccc2c(-c3ccc4ccc(-c5ccc6nc(-c7ccc(-c8ccc9ccc%10cccnc%10c9n8)c8ccccc78)ccc6c5)cc4n3)cncc2c1.c1ccc2nc(-c3ccc4ccc(-c5ccc6nc(-c7ccc(-c8ccc9ccc%10cccnc%10c9n8)cc7)ccc6c5)cc4n3)ccc2c1. The van der Waals surface area contributed by atoms with Crippen molar-refractivity contribution in [3.63, 3.8) is 0 Å². The lowest BCUT2D eigenvalue weighted by atomic mass is 9.95. The number of pyridine rings is 10. The minimum absolute atomic E-state index is 0.864. The topological polar surface area (TPSA) is 129 Å². The lowest BCUT2D eigenvalue weighted by Gasteiger charge is -2.13. The Morgan fingerprint density at radius 3 is 1.11 bits per heavy atom. The first-order chi connectivity index (χ1) is 51.4. The normalized spacial score (nSPS) is 11.7. The van der Waals surface area contributed by atoms with E-state index in [9.17, 15) is 0 Å². The molecule has 10 aromatic heterocycles. The molecule has 482 valence electrons. The summed E-state index contributed by atoms with van der Waals surface area (Å²) in [5.41, 5.74) is 24.6. The number of para-hydroxylation sites is 1. The molecule has 10 nitrogen and oxygen atoms in total. The molecule has 11 aromatic carbocycles. The molecule has 0 fully saturated rings. The van der Waals surface area contributed by atoms with Crippen LogP contribution in [0.4, 0.5) is 0 Å². The van der Waals surface area contributed by atoms with Crippen molar-refractivity contribution in [2.45, 2.75) is 0 Å². The minimum atomic E-state index is 0.864. The van der Waals surface area contributed by atoms with Crippen LogP contribution in [-0.4, -0.2) is 49.8 Å². The minimum Gasteiger partial charge on any atom is -0.263 e. The molecule has 21 rings (SSSR count). The quantitative estimate of drug-likeness (QED) is 0.136. The van der Waals surface area contributed by atoms with E-state index in [1.54, 1.807) is 0 Å². The van der Waals surface area contributed by atoms with E-state index in [0.29, 0.717) is 0 Å². The summed E-state index contributed by atoms with van der Waals surface area (Å²) >= 11 is 0. The molecule has 10 heteroatoms. The molecule has 0 aliphatic rings. The molecule has 0 saturated carbocycles. The molecule has 0 radical (unpaired) electrons. The summed E-state index contributed by atoms with van der Waals surface area (Å²) in [5.74, 6) is 0. The summed E-state index contributed by atoms with van der Waals surface area (Å²) in [6, 6.07) is 110. The highest BCUT2D eigenvalue weighted by Crippen LogP contribution is 2.39. The molecule has 104 heavy (non-hydrogen) atoms. The zero-order chi connectivity index (χ0) is 68.6. The maximum atomic E-state index is 5.19. The van der Waals surface area contributed by atoms with Crippen LogP contribution in [0.3, 0.4) is 0 Å². The summed E-state index contributed by atoms with van der Waals surface area (Å²) in [7, 11) is 0. The van der Waals surface area contributed by atoms with Crippen molar-refractivity contribution in [2.75, 3.05) is 0 Å². The summed E-state index contributed by atoms with van der Waals surface area (Å²) in [5, 5.41) is 14.4. The van der Waals surface area contributed by atoms with Crippen LogP contribution in [0.5, 0.6) is 0 Å². The first-order valence-electron chi connectivity index (χ1n) is 34.7. The van der Waals surface area contributed by atoms with E-state index in [1.165, 1.54) is 0 Å². The third-order valence-corrected chi connectivity index (χ3v) is 20.1.